The van der Waals surface area contributed by atoms with Gasteiger partial charge in [0.15, 0.2) is 5.17 Å². The summed E-state index contributed by atoms with van der Waals surface area (Å²) in [6, 6.07) is 23.0. The molecule has 0 aromatic heterocycles. The largest absolute Gasteiger partial charge is 0.497 e. The molecule has 8 heteroatoms. The molecule has 188 valence electrons. The second kappa shape index (κ2) is 11.0. The van der Waals surface area contributed by atoms with Crippen LogP contribution in [0.5, 0.6) is 5.75 Å². The number of nitrogens with one attached hydrogen (secondary N) is 1. The zero-order valence-corrected chi connectivity index (χ0v) is 21.6. The third-order valence-electron chi connectivity index (χ3n) is 6.33. The standard InChI is InChI=1S/C29H28N4O3S/c1-19-7-9-21(10-8-19)18-37-29-32-24-6-4-3-5-23(24)27-31-25(28(35)33(27)29)15-16-26(34)30-17-20-11-13-22(36-2)14-12-20/h3-14,25H,15-18H2,1-2H3,(H,30,34)/t25-/m1/s1. The number of thioether (sulfide) groups is 1. The lowest BCUT2D eigenvalue weighted by Crippen LogP contribution is -2.41. The first kappa shape index (κ1) is 24.8. The fourth-order valence-corrected chi connectivity index (χ4v) is 5.18. The molecule has 2 heterocycles. The Bertz CT molecular complexity index is 1370. The second-order valence-electron chi connectivity index (χ2n) is 8.99. The monoisotopic (exact) mass is 512 g/mol. The number of aryl methyl sites for hydroxylation is 1. The molecule has 1 N–H and O–H groups in total. The number of hydrogen-bond donors (Lipinski definition) is 1. The summed E-state index contributed by atoms with van der Waals surface area (Å²) in [7, 11) is 1.62. The predicted octanol–water partition coefficient (Wildman–Crippen LogP) is 4.99. The van der Waals surface area contributed by atoms with Crippen molar-refractivity contribution in [2.75, 3.05) is 7.11 Å². The quantitative estimate of drug-likeness (QED) is 0.461. The minimum Gasteiger partial charge on any atom is -0.497 e. The third-order valence-corrected chi connectivity index (χ3v) is 7.34. The van der Waals surface area contributed by atoms with Gasteiger partial charge in [-0.2, -0.15) is 0 Å². The van der Waals surface area contributed by atoms with Crippen LogP contribution in [0.3, 0.4) is 0 Å². The number of benzene rings is 3. The van der Waals surface area contributed by atoms with Gasteiger partial charge in [-0.25, -0.2) is 9.89 Å². The van der Waals surface area contributed by atoms with E-state index in [1.165, 1.54) is 17.3 Å². The number of carbonyl (C=O) groups is 2. The van der Waals surface area contributed by atoms with Gasteiger partial charge in [0.2, 0.25) is 5.91 Å². The maximum Gasteiger partial charge on any atom is 0.259 e. The molecule has 7 nitrogen and oxygen atoms in total. The molecule has 0 bridgehead atoms. The van der Waals surface area contributed by atoms with Crippen LogP contribution in [0.15, 0.2) is 82.8 Å². The zero-order chi connectivity index (χ0) is 25.8. The first-order valence-electron chi connectivity index (χ1n) is 12.2. The lowest BCUT2D eigenvalue weighted by atomic mass is 10.1. The first-order chi connectivity index (χ1) is 18.0. The van der Waals surface area contributed by atoms with Gasteiger partial charge in [0, 0.05) is 24.3 Å². The van der Waals surface area contributed by atoms with E-state index in [1.807, 2.05) is 48.5 Å². The number of fused-ring (bicyclic) bond motifs is 3. The van der Waals surface area contributed by atoms with Gasteiger partial charge in [-0.1, -0.05) is 65.9 Å². The van der Waals surface area contributed by atoms with Crippen LogP contribution in [0, 0.1) is 6.92 Å². The highest BCUT2D eigenvalue weighted by Crippen LogP contribution is 2.35. The molecule has 1 atom stereocenters. The zero-order valence-electron chi connectivity index (χ0n) is 20.8. The molecule has 3 aromatic carbocycles. The summed E-state index contributed by atoms with van der Waals surface area (Å²) in [5, 5.41) is 3.54. The highest BCUT2D eigenvalue weighted by atomic mass is 32.2. The van der Waals surface area contributed by atoms with E-state index in [9.17, 15) is 9.59 Å². The van der Waals surface area contributed by atoms with E-state index in [0.29, 0.717) is 29.7 Å². The maximum absolute atomic E-state index is 13.4. The van der Waals surface area contributed by atoms with Gasteiger partial charge in [0.05, 0.1) is 12.8 Å². The summed E-state index contributed by atoms with van der Waals surface area (Å²) in [5.41, 5.74) is 4.98. The van der Waals surface area contributed by atoms with Crippen LogP contribution in [0.1, 0.15) is 35.1 Å². The normalized spacial score (nSPS) is 16.0. The minimum atomic E-state index is -0.613. The predicted molar refractivity (Wildman–Crippen MR) is 147 cm³/mol. The van der Waals surface area contributed by atoms with E-state index in [1.54, 1.807) is 12.0 Å². The Morgan fingerprint density at radius 1 is 1.03 bits per heavy atom. The van der Waals surface area contributed by atoms with Gasteiger partial charge in [-0.3, -0.25) is 14.6 Å². The molecule has 2 aliphatic heterocycles. The molecule has 0 unspecified atom stereocenters. The van der Waals surface area contributed by atoms with E-state index in [0.717, 1.165) is 28.1 Å². The van der Waals surface area contributed by atoms with Gasteiger partial charge in [-0.05, 0) is 48.7 Å². The number of para-hydroxylation sites is 1. The lowest BCUT2D eigenvalue weighted by molar-refractivity contribution is -0.125. The Morgan fingerprint density at radius 2 is 1.76 bits per heavy atom. The highest BCUT2D eigenvalue weighted by molar-refractivity contribution is 8.13. The Morgan fingerprint density at radius 3 is 2.51 bits per heavy atom. The number of amidine groups is 2. The first-order valence-corrected chi connectivity index (χ1v) is 13.2. The van der Waals surface area contributed by atoms with E-state index >= 15 is 0 Å². The number of ether oxygens (including phenoxy) is 1. The van der Waals surface area contributed by atoms with Crippen LogP contribution < -0.4 is 10.1 Å². The van der Waals surface area contributed by atoms with Gasteiger partial charge >= 0.3 is 0 Å². The molecule has 0 aliphatic carbocycles. The van der Waals surface area contributed by atoms with Crippen LogP contribution >= 0.6 is 11.8 Å². The van der Waals surface area contributed by atoms with Crippen molar-refractivity contribution >= 4 is 40.3 Å². The second-order valence-corrected chi connectivity index (χ2v) is 9.93. The molecule has 0 saturated carbocycles. The van der Waals surface area contributed by atoms with E-state index in [-0.39, 0.29) is 18.2 Å². The van der Waals surface area contributed by atoms with Crippen LogP contribution in [-0.4, -0.2) is 40.9 Å². The molecule has 5 rings (SSSR count). The average Bonchev–Trinajstić information content (AvgIpc) is 3.27. The van der Waals surface area contributed by atoms with Crippen molar-refractivity contribution in [3.63, 3.8) is 0 Å². The Kier molecular flexibility index (Phi) is 7.37. The summed E-state index contributed by atoms with van der Waals surface area (Å²) in [4.78, 5) is 37.1. The van der Waals surface area contributed by atoms with Crippen LogP contribution in [0.2, 0.25) is 0 Å². The van der Waals surface area contributed by atoms with E-state index in [4.69, 9.17) is 14.7 Å². The van der Waals surface area contributed by atoms with Crippen molar-refractivity contribution < 1.29 is 14.3 Å². The van der Waals surface area contributed by atoms with Gasteiger partial charge in [0.25, 0.3) is 5.91 Å². The average molecular weight is 513 g/mol. The van der Waals surface area contributed by atoms with E-state index in [2.05, 4.69) is 36.5 Å². The molecular weight excluding hydrogens is 484 g/mol. The number of hydrogen-bond acceptors (Lipinski definition) is 6. The van der Waals surface area contributed by atoms with Crippen LogP contribution in [0.25, 0.3) is 0 Å². The molecule has 37 heavy (non-hydrogen) atoms. The Labute approximate surface area is 220 Å². The SMILES string of the molecule is COc1ccc(CNC(=O)CC[C@H]2N=C3c4ccccc4N=C(SCc4ccc(C)cc4)N3C2=O)cc1. The van der Waals surface area contributed by atoms with Gasteiger partial charge < -0.3 is 10.1 Å². The Hall–Kier alpha value is -3.91. The van der Waals surface area contributed by atoms with Gasteiger partial charge in [0.1, 0.15) is 17.6 Å². The lowest BCUT2D eigenvalue weighted by Gasteiger charge is -2.25. The summed E-state index contributed by atoms with van der Waals surface area (Å²) >= 11 is 1.52. The molecule has 2 aliphatic rings. The summed E-state index contributed by atoms with van der Waals surface area (Å²) < 4.78 is 5.17. The van der Waals surface area contributed by atoms with Crippen molar-refractivity contribution in [1.29, 1.82) is 0 Å². The molecular formula is C29H28N4O3S. The van der Waals surface area contributed by atoms with Crippen LogP contribution in [0.4, 0.5) is 5.69 Å². The van der Waals surface area contributed by atoms with Crippen LogP contribution in [-0.2, 0) is 21.9 Å². The number of methoxy groups -OCH3 is 1. The number of carbonyl (C=O) groups excluding carboxylic acids is 2. The maximum atomic E-state index is 13.4. The van der Waals surface area contributed by atoms with Crippen molar-refractivity contribution in [3.8, 4) is 5.75 Å². The molecule has 3 aromatic rings. The fourth-order valence-electron chi connectivity index (χ4n) is 4.22. The van der Waals surface area contributed by atoms with E-state index < -0.39 is 6.04 Å². The fraction of sp³-hybridized carbons (Fsp3) is 0.241. The van der Waals surface area contributed by atoms with Crippen molar-refractivity contribution in [2.45, 2.75) is 38.1 Å². The minimum absolute atomic E-state index is 0.114. The number of amides is 2. The van der Waals surface area contributed by atoms with Crippen molar-refractivity contribution in [2.24, 2.45) is 9.98 Å². The highest BCUT2D eigenvalue weighted by Gasteiger charge is 2.41. The molecule has 0 radical (unpaired) electrons. The number of nitrogens with zero attached hydrogens (tertiary/aromatic N) is 3. The molecule has 2 amide bonds. The number of aliphatic imine (C=N–C) groups is 2. The molecule has 0 saturated heterocycles. The topological polar surface area (TPSA) is 83.4 Å². The summed E-state index contributed by atoms with van der Waals surface area (Å²) in [6.07, 6.45) is 0.549. The molecule has 0 spiro atoms. The summed E-state index contributed by atoms with van der Waals surface area (Å²) in [5.74, 6) is 1.83. The van der Waals surface area contributed by atoms with Crippen molar-refractivity contribution in [3.05, 3.63) is 95.1 Å². The smallest absolute Gasteiger partial charge is 0.259 e. The summed E-state index contributed by atoms with van der Waals surface area (Å²) in [6.45, 7) is 2.48. The third kappa shape index (κ3) is 5.59. The number of rotatable bonds is 8. The van der Waals surface area contributed by atoms with Crippen molar-refractivity contribution in [1.82, 2.24) is 10.2 Å². The van der Waals surface area contributed by atoms with Gasteiger partial charge in [-0.15, -0.1) is 0 Å². The Balaban J connectivity index is 1.25. The molecule has 0 fully saturated rings.